The van der Waals surface area contributed by atoms with Crippen LogP contribution in [0.4, 0.5) is 0 Å². The predicted octanol–water partition coefficient (Wildman–Crippen LogP) is -1.88. The summed E-state index contributed by atoms with van der Waals surface area (Å²) in [6.45, 7) is 8.24. The van der Waals surface area contributed by atoms with E-state index in [2.05, 4.69) is 21.3 Å². The minimum absolute atomic E-state index is 0.00170. The molecule has 0 aromatic heterocycles. The molecule has 0 heterocycles. The molecule has 464 valence electrons. The first-order chi connectivity index (χ1) is 38.7. The zero-order valence-electron chi connectivity index (χ0n) is 49.4. The number of esters is 6. The number of rotatable bonds is 50. The number of nitrogens with zero attached hydrogens (tertiary/aromatic N) is 6. The molecule has 0 rings (SSSR count). The zero-order valence-corrected chi connectivity index (χ0v) is 49.4. The third-order valence-electron chi connectivity index (χ3n) is 12.7. The van der Waals surface area contributed by atoms with Crippen LogP contribution in [0, 0.1) is 0 Å². The molecular formula is C53H94N10O18. The van der Waals surface area contributed by atoms with Crippen LogP contribution < -0.4 is 21.3 Å². The molecule has 81 heavy (non-hydrogen) atoms. The van der Waals surface area contributed by atoms with E-state index in [1.807, 2.05) is 29.4 Å². The van der Waals surface area contributed by atoms with E-state index in [9.17, 15) is 57.5 Å². The molecule has 28 heteroatoms. The van der Waals surface area contributed by atoms with Crippen LogP contribution >= 0.6 is 0 Å². The minimum Gasteiger partial charge on any atom is -0.469 e. The van der Waals surface area contributed by atoms with Gasteiger partial charge in [0.25, 0.3) is 0 Å². The predicted molar refractivity (Wildman–Crippen MR) is 295 cm³/mol. The van der Waals surface area contributed by atoms with Crippen LogP contribution in [0.3, 0.4) is 0 Å². The van der Waals surface area contributed by atoms with Crippen molar-refractivity contribution in [1.29, 1.82) is 0 Å². The maximum absolute atomic E-state index is 13.4. The Labute approximate surface area is 477 Å². The smallest absolute Gasteiger partial charge is 0.306 e. The van der Waals surface area contributed by atoms with E-state index in [0.717, 1.165) is 0 Å². The van der Waals surface area contributed by atoms with E-state index in [-0.39, 0.29) is 198 Å². The highest BCUT2D eigenvalue weighted by Crippen LogP contribution is 2.06. The second-order valence-corrected chi connectivity index (χ2v) is 19.0. The average molecular weight is 1160 g/mol. The first-order valence-corrected chi connectivity index (χ1v) is 27.5. The summed E-state index contributed by atoms with van der Waals surface area (Å²) in [6, 6.07) is 0. The summed E-state index contributed by atoms with van der Waals surface area (Å²) >= 11 is 0. The second-order valence-electron chi connectivity index (χ2n) is 19.0. The molecule has 0 atom stereocenters. The molecule has 0 aliphatic rings. The van der Waals surface area contributed by atoms with Crippen LogP contribution in [0.5, 0.6) is 0 Å². The average Bonchev–Trinajstić information content (AvgIpc) is 3.45. The molecule has 0 aliphatic heterocycles. The van der Waals surface area contributed by atoms with Crippen molar-refractivity contribution in [2.75, 3.05) is 180 Å². The number of Topliss-reactive ketones (excluding diaryl/α,β-unsaturated/α-hetero) is 2. The number of amides is 4. The Morgan fingerprint density at radius 2 is 0.420 bits per heavy atom. The minimum atomic E-state index is -0.435. The second kappa shape index (κ2) is 47.4. The molecule has 0 fully saturated rings. The molecular weight excluding hydrogens is 1060 g/mol. The fraction of sp³-hybridized carbons (Fsp3) is 0.774. The Morgan fingerprint density at radius 1 is 0.247 bits per heavy atom. The van der Waals surface area contributed by atoms with Gasteiger partial charge < -0.3 is 69.3 Å². The zero-order chi connectivity index (χ0) is 60.8. The van der Waals surface area contributed by atoms with Crippen LogP contribution in [0.25, 0.3) is 0 Å². The Bertz CT molecular complexity index is 1790. The summed E-state index contributed by atoms with van der Waals surface area (Å²) in [4.78, 5) is 160. The molecule has 0 saturated carbocycles. The van der Waals surface area contributed by atoms with E-state index >= 15 is 0 Å². The SMILES string of the molecule is COC(=O)CCN(CCNC(=O)CCN(CCC(=O)NCCN(CCC(C)=O)CCC(C)=O)CN(CCC(=O)NCCN(CCC(=O)OC)CCC(=O)OC)CCC(=O)NCCN(CCC(=O)OC)CCC(=O)OC)CCC(=O)OC. The van der Waals surface area contributed by atoms with Crippen LogP contribution in [-0.2, 0) is 86.0 Å². The number of hydrogen-bond donors (Lipinski definition) is 4. The first-order valence-electron chi connectivity index (χ1n) is 27.5. The van der Waals surface area contributed by atoms with Gasteiger partial charge in [-0.15, -0.1) is 0 Å². The molecule has 0 spiro atoms. The van der Waals surface area contributed by atoms with Gasteiger partial charge in [-0.1, -0.05) is 0 Å². The largest absolute Gasteiger partial charge is 0.469 e. The van der Waals surface area contributed by atoms with Gasteiger partial charge in [0.15, 0.2) is 0 Å². The summed E-state index contributed by atoms with van der Waals surface area (Å²) in [5.41, 5.74) is 0. The van der Waals surface area contributed by atoms with Crippen LogP contribution in [0.1, 0.15) is 90.9 Å². The maximum atomic E-state index is 13.4. The summed E-state index contributed by atoms with van der Waals surface area (Å²) < 4.78 is 28.6. The maximum Gasteiger partial charge on any atom is 0.306 e. The molecule has 0 radical (unpaired) electrons. The number of carbonyl (C=O) groups excluding carboxylic acids is 12. The van der Waals surface area contributed by atoms with Crippen molar-refractivity contribution in [2.45, 2.75) is 90.9 Å². The van der Waals surface area contributed by atoms with Crippen molar-refractivity contribution in [3.8, 4) is 0 Å². The van der Waals surface area contributed by atoms with Gasteiger partial charge in [-0.3, -0.25) is 67.3 Å². The number of ether oxygens (including phenoxy) is 6. The van der Waals surface area contributed by atoms with Crippen LogP contribution in [0.2, 0.25) is 0 Å². The van der Waals surface area contributed by atoms with E-state index < -0.39 is 35.8 Å². The quantitative estimate of drug-likeness (QED) is 0.0294. The molecule has 0 bridgehead atoms. The third-order valence-corrected chi connectivity index (χ3v) is 12.7. The summed E-state index contributed by atoms with van der Waals surface area (Å²) in [5.74, 6) is -3.90. The fourth-order valence-corrected chi connectivity index (χ4v) is 7.68. The molecule has 4 N–H and O–H groups in total. The fourth-order valence-electron chi connectivity index (χ4n) is 7.68. The van der Waals surface area contributed by atoms with Gasteiger partial charge >= 0.3 is 35.8 Å². The van der Waals surface area contributed by atoms with Gasteiger partial charge in [0, 0.05) is 169 Å². The van der Waals surface area contributed by atoms with E-state index in [1.54, 1.807) is 0 Å². The Kier molecular flexibility index (Phi) is 43.8. The van der Waals surface area contributed by atoms with E-state index in [1.165, 1.54) is 56.5 Å². The number of methoxy groups -OCH3 is 6. The van der Waals surface area contributed by atoms with Gasteiger partial charge in [0.2, 0.25) is 23.6 Å². The molecule has 0 aromatic carbocycles. The molecule has 0 saturated heterocycles. The molecule has 0 unspecified atom stereocenters. The van der Waals surface area contributed by atoms with Crippen molar-refractivity contribution in [3.63, 3.8) is 0 Å². The summed E-state index contributed by atoms with van der Waals surface area (Å²) in [7, 11) is 7.65. The third kappa shape index (κ3) is 43.2. The number of carbonyl (C=O) groups is 12. The van der Waals surface area contributed by atoms with Gasteiger partial charge in [-0.05, 0) is 13.8 Å². The molecule has 0 aromatic rings. The standard InChI is InChI=1S/C53H94N10O18/c1-42(64)9-25-58(26-10-43(2)65)37-21-54-44(66)11-27-62(28-12-45(67)55-22-38-59(31-15-48(70)76-3)32-16-49(71)77-4)41-63(29-13-46(68)56-23-39-60(33-17-50(72)78-5)34-18-51(73)79-6)30-14-47(69)57-24-40-61(35-19-52(74)80-7)36-20-53(75)81-8/h9-41H2,1-8H3,(H,54,66)(H,55,67)(H,56,68)(H,57,69). The van der Waals surface area contributed by atoms with Crippen LogP contribution in [0.15, 0.2) is 0 Å². The summed E-state index contributed by atoms with van der Waals surface area (Å²) in [5, 5.41) is 11.5. The van der Waals surface area contributed by atoms with Crippen LogP contribution in [-0.4, -0.2) is 281 Å². The lowest BCUT2D eigenvalue weighted by Gasteiger charge is -2.30. The topological polar surface area (TPSA) is 328 Å². The lowest BCUT2D eigenvalue weighted by Crippen LogP contribution is -2.45. The Morgan fingerprint density at radius 3 is 0.593 bits per heavy atom. The summed E-state index contributed by atoms with van der Waals surface area (Å²) in [6.07, 6.45) is 0.908. The monoisotopic (exact) mass is 1160 g/mol. The van der Waals surface area contributed by atoms with Gasteiger partial charge in [-0.2, -0.15) is 0 Å². The molecule has 28 nitrogen and oxygen atoms in total. The number of ketones is 2. The van der Waals surface area contributed by atoms with Crippen molar-refractivity contribution >= 4 is 71.0 Å². The Hall–Kier alpha value is -6.20. The normalized spacial score (nSPS) is 11.1. The lowest BCUT2D eigenvalue weighted by atomic mass is 10.2. The Balaban J connectivity index is 6.48. The number of nitrogens with one attached hydrogen (secondary N) is 4. The molecule has 0 aliphatic carbocycles. The van der Waals surface area contributed by atoms with Gasteiger partial charge in [0.1, 0.15) is 11.6 Å². The van der Waals surface area contributed by atoms with Crippen molar-refractivity contribution < 1.29 is 86.0 Å². The van der Waals surface area contributed by atoms with Gasteiger partial charge in [-0.25, -0.2) is 0 Å². The number of hydrogen-bond acceptors (Lipinski definition) is 24. The highest BCUT2D eigenvalue weighted by Gasteiger charge is 2.20. The van der Waals surface area contributed by atoms with Crippen molar-refractivity contribution in [1.82, 2.24) is 50.7 Å². The first kappa shape index (κ1) is 74.8. The van der Waals surface area contributed by atoms with E-state index in [0.29, 0.717) is 52.1 Å². The van der Waals surface area contributed by atoms with Crippen molar-refractivity contribution in [3.05, 3.63) is 0 Å². The van der Waals surface area contributed by atoms with Crippen molar-refractivity contribution in [2.24, 2.45) is 0 Å². The van der Waals surface area contributed by atoms with Gasteiger partial charge in [0.05, 0.1) is 87.9 Å². The highest BCUT2D eigenvalue weighted by molar-refractivity contribution is 5.78. The lowest BCUT2D eigenvalue weighted by molar-refractivity contribution is -0.142. The highest BCUT2D eigenvalue weighted by atomic mass is 16.5. The molecule has 4 amide bonds. The van der Waals surface area contributed by atoms with E-state index in [4.69, 9.17) is 28.4 Å².